The molecule has 1 amide bonds. The van der Waals surface area contributed by atoms with E-state index in [0.717, 1.165) is 0 Å². The van der Waals surface area contributed by atoms with E-state index in [1.807, 2.05) is 0 Å². The van der Waals surface area contributed by atoms with Crippen molar-refractivity contribution < 1.29 is 35.6 Å². The first kappa shape index (κ1) is 19.8. The molecule has 9 heteroatoms. The number of carbonyl (C=O) groups excluding carboxylic acids is 1. The summed E-state index contributed by atoms with van der Waals surface area (Å²) in [6, 6.07) is 8.63. The zero-order chi connectivity index (χ0) is 21.8. The van der Waals surface area contributed by atoms with Crippen molar-refractivity contribution in [1.82, 2.24) is 0 Å². The fourth-order valence-corrected chi connectivity index (χ4v) is 3.36. The number of anilines is 2. The summed E-state index contributed by atoms with van der Waals surface area (Å²) in [7, 11) is 0. The molecule has 2 aromatic carbocycles. The van der Waals surface area contributed by atoms with Gasteiger partial charge in [-0.15, -0.1) is 0 Å². The van der Waals surface area contributed by atoms with E-state index in [4.69, 9.17) is 4.42 Å². The molecule has 0 atom stereocenters. The number of rotatable bonds is 2. The SMILES string of the molecule is C=C1C(=O)N(c2ccco2)c2cccc(-c3cc(C(F)(F)F)cc(C(F)(F)F)c3)c21. The van der Waals surface area contributed by atoms with E-state index in [1.54, 1.807) is 0 Å². The summed E-state index contributed by atoms with van der Waals surface area (Å²) in [6.45, 7) is 3.69. The first-order chi connectivity index (χ1) is 14.0. The first-order valence-electron chi connectivity index (χ1n) is 8.48. The quantitative estimate of drug-likeness (QED) is 0.341. The normalized spacial score (nSPS) is 14.4. The number of alkyl halides is 6. The van der Waals surface area contributed by atoms with Gasteiger partial charge in [0.25, 0.3) is 5.91 Å². The van der Waals surface area contributed by atoms with Crippen molar-refractivity contribution in [3.05, 3.63) is 78.1 Å². The number of hydrogen-bond acceptors (Lipinski definition) is 2. The molecule has 3 nitrogen and oxygen atoms in total. The van der Waals surface area contributed by atoms with Gasteiger partial charge in [-0.1, -0.05) is 18.7 Å². The number of fused-ring (bicyclic) bond motifs is 1. The van der Waals surface area contributed by atoms with Crippen LogP contribution in [0.5, 0.6) is 0 Å². The average molecular weight is 423 g/mol. The second-order valence-electron chi connectivity index (χ2n) is 6.56. The Labute approximate surface area is 165 Å². The number of carbonyl (C=O) groups is 1. The number of hydrogen-bond donors (Lipinski definition) is 0. The summed E-state index contributed by atoms with van der Waals surface area (Å²) in [5.41, 5.74) is -2.86. The summed E-state index contributed by atoms with van der Waals surface area (Å²) < 4.78 is 84.7. The Bertz CT molecular complexity index is 1130. The second-order valence-corrected chi connectivity index (χ2v) is 6.56. The van der Waals surface area contributed by atoms with Gasteiger partial charge in [-0.2, -0.15) is 26.3 Å². The highest BCUT2D eigenvalue weighted by atomic mass is 19.4. The largest absolute Gasteiger partial charge is 0.448 e. The monoisotopic (exact) mass is 423 g/mol. The van der Waals surface area contributed by atoms with Crippen LogP contribution in [0.2, 0.25) is 0 Å². The first-order valence-corrected chi connectivity index (χ1v) is 8.48. The number of halogens is 6. The minimum atomic E-state index is -4.99. The molecule has 0 saturated carbocycles. The zero-order valence-corrected chi connectivity index (χ0v) is 14.9. The van der Waals surface area contributed by atoms with Crippen LogP contribution >= 0.6 is 0 Å². The van der Waals surface area contributed by atoms with Crippen molar-refractivity contribution in [2.75, 3.05) is 4.90 Å². The van der Waals surface area contributed by atoms with Crippen LogP contribution in [0.3, 0.4) is 0 Å². The molecule has 3 aromatic rings. The Hall–Kier alpha value is -3.49. The maximum absolute atomic E-state index is 13.3. The molecule has 4 rings (SSSR count). The maximum atomic E-state index is 13.3. The molecule has 0 bridgehead atoms. The lowest BCUT2D eigenvalue weighted by molar-refractivity contribution is -0.143. The molecule has 0 N–H and O–H groups in total. The lowest BCUT2D eigenvalue weighted by atomic mass is 9.93. The van der Waals surface area contributed by atoms with Crippen LogP contribution in [0.4, 0.5) is 37.9 Å². The Kier molecular flexibility index (Phi) is 4.30. The fourth-order valence-electron chi connectivity index (χ4n) is 3.36. The lowest BCUT2D eigenvalue weighted by Gasteiger charge is -2.17. The van der Waals surface area contributed by atoms with Gasteiger partial charge in [-0.3, -0.25) is 4.79 Å². The topological polar surface area (TPSA) is 33.5 Å². The van der Waals surface area contributed by atoms with Gasteiger partial charge in [0, 0.05) is 17.2 Å². The minimum absolute atomic E-state index is 0.0245. The van der Waals surface area contributed by atoms with Gasteiger partial charge < -0.3 is 4.42 Å². The third kappa shape index (κ3) is 3.16. The van der Waals surface area contributed by atoms with Crippen molar-refractivity contribution in [1.29, 1.82) is 0 Å². The number of benzene rings is 2. The van der Waals surface area contributed by atoms with E-state index in [-0.39, 0.29) is 39.9 Å². The third-order valence-corrected chi connectivity index (χ3v) is 4.67. The van der Waals surface area contributed by atoms with Crippen molar-refractivity contribution in [2.24, 2.45) is 0 Å². The van der Waals surface area contributed by atoms with Crippen LogP contribution < -0.4 is 4.90 Å². The molecule has 0 radical (unpaired) electrons. The molecule has 1 aliphatic rings. The van der Waals surface area contributed by atoms with Crippen LogP contribution in [0.25, 0.3) is 16.7 Å². The fraction of sp³-hybridized carbons (Fsp3) is 0.0952. The molecule has 0 spiro atoms. The van der Waals surface area contributed by atoms with Crippen molar-refractivity contribution in [3.8, 4) is 11.1 Å². The summed E-state index contributed by atoms with van der Waals surface area (Å²) in [4.78, 5) is 13.9. The molecule has 1 aromatic heterocycles. The second kappa shape index (κ2) is 6.51. The minimum Gasteiger partial charge on any atom is -0.448 e. The van der Waals surface area contributed by atoms with Gasteiger partial charge in [-0.05, 0) is 41.5 Å². The van der Waals surface area contributed by atoms with E-state index >= 15 is 0 Å². The molecule has 1 aliphatic heterocycles. The zero-order valence-electron chi connectivity index (χ0n) is 14.9. The van der Waals surface area contributed by atoms with Crippen molar-refractivity contribution >= 4 is 23.1 Å². The molecular formula is C21H11F6NO2. The van der Waals surface area contributed by atoms with Gasteiger partial charge in [0.1, 0.15) is 0 Å². The lowest BCUT2D eigenvalue weighted by Crippen LogP contribution is -2.19. The molecule has 30 heavy (non-hydrogen) atoms. The predicted molar refractivity (Wildman–Crippen MR) is 96.8 cm³/mol. The highest BCUT2D eigenvalue weighted by Gasteiger charge is 2.39. The van der Waals surface area contributed by atoms with Gasteiger partial charge in [0.05, 0.1) is 23.1 Å². The molecule has 0 saturated heterocycles. The number of furan rings is 1. The standard InChI is InChI=1S/C21H11F6NO2/c1-11-18-15(4-2-5-16(18)28(19(11)29)17-6-3-7-30-17)12-8-13(20(22,23)24)10-14(9-12)21(25,26)27/h2-10H,1H2. The van der Waals surface area contributed by atoms with E-state index in [9.17, 15) is 31.1 Å². The maximum Gasteiger partial charge on any atom is 0.416 e. The third-order valence-electron chi connectivity index (χ3n) is 4.67. The van der Waals surface area contributed by atoms with Gasteiger partial charge >= 0.3 is 12.4 Å². The average Bonchev–Trinajstić information content (AvgIpc) is 3.27. The Morgan fingerprint density at radius 3 is 2.03 bits per heavy atom. The molecule has 0 unspecified atom stereocenters. The van der Waals surface area contributed by atoms with E-state index < -0.39 is 29.4 Å². The van der Waals surface area contributed by atoms with Gasteiger partial charge in [0.2, 0.25) is 5.88 Å². The van der Waals surface area contributed by atoms with E-state index in [1.165, 1.54) is 41.5 Å². The smallest absolute Gasteiger partial charge is 0.416 e. The molecule has 154 valence electrons. The number of nitrogens with zero attached hydrogens (tertiary/aromatic N) is 1. The highest BCUT2D eigenvalue weighted by Crippen LogP contribution is 2.47. The Balaban J connectivity index is 1.96. The van der Waals surface area contributed by atoms with Crippen molar-refractivity contribution in [2.45, 2.75) is 12.4 Å². The summed E-state index contributed by atoms with van der Waals surface area (Å²) in [5.74, 6) is -0.438. The van der Waals surface area contributed by atoms with Crippen LogP contribution in [-0.4, -0.2) is 5.91 Å². The summed E-state index contributed by atoms with van der Waals surface area (Å²) >= 11 is 0. The molecular weight excluding hydrogens is 412 g/mol. The molecule has 2 heterocycles. The molecule has 0 aliphatic carbocycles. The Morgan fingerprint density at radius 2 is 1.50 bits per heavy atom. The highest BCUT2D eigenvalue weighted by molar-refractivity contribution is 6.35. The van der Waals surface area contributed by atoms with Crippen LogP contribution in [0.15, 0.2) is 65.8 Å². The summed E-state index contributed by atoms with van der Waals surface area (Å²) in [6.07, 6.45) is -8.64. The molecule has 0 fully saturated rings. The van der Waals surface area contributed by atoms with Gasteiger partial charge in [0.15, 0.2) is 0 Å². The van der Waals surface area contributed by atoms with Crippen LogP contribution in [-0.2, 0) is 17.1 Å². The Morgan fingerprint density at radius 1 is 0.867 bits per heavy atom. The van der Waals surface area contributed by atoms with E-state index in [0.29, 0.717) is 12.1 Å². The van der Waals surface area contributed by atoms with Crippen LogP contribution in [0.1, 0.15) is 16.7 Å². The number of amides is 1. The van der Waals surface area contributed by atoms with Crippen LogP contribution in [0, 0.1) is 0 Å². The summed E-state index contributed by atoms with van der Waals surface area (Å²) in [5, 5.41) is 0. The van der Waals surface area contributed by atoms with Gasteiger partial charge in [-0.25, -0.2) is 4.90 Å². The predicted octanol–water partition coefficient (Wildman–Crippen LogP) is 6.68. The van der Waals surface area contributed by atoms with Crippen molar-refractivity contribution in [3.63, 3.8) is 0 Å². The van der Waals surface area contributed by atoms with E-state index in [2.05, 4.69) is 6.58 Å².